The normalized spacial score (nSPS) is 10.7. The van der Waals surface area contributed by atoms with Gasteiger partial charge in [-0.2, -0.15) is 0 Å². The van der Waals surface area contributed by atoms with E-state index in [0.29, 0.717) is 10.6 Å². The molecule has 0 radical (unpaired) electrons. The zero-order valence-corrected chi connectivity index (χ0v) is 15.5. The molecule has 132 valence electrons. The average Bonchev–Trinajstić information content (AvgIpc) is 2.71. The number of hydrogen-bond acceptors (Lipinski definition) is 2. The summed E-state index contributed by atoms with van der Waals surface area (Å²) in [5, 5.41) is 5.43. The number of amides is 1. The van der Waals surface area contributed by atoms with Crippen molar-refractivity contribution in [3.63, 3.8) is 0 Å². The summed E-state index contributed by atoms with van der Waals surface area (Å²) < 4.78 is 0. The highest BCUT2D eigenvalue weighted by Crippen LogP contribution is 2.30. The number of halogens is 1. The molecule has 0 atom stereocenters. The van der Waals surface area contributed by atoms with Crippen molar-refractivity contribution in [3.05, 3.63) is 95.1 Å². The fraction of sp³-hybridized carbons (Fsp3) is 0.0435. The van der Waals surface area contributed by atoms with Gasteiger partial charge in [-0.05, 0) is 36.8 Å². The van der Waals surface area contributed by atoms with Gasteiger partial charge in [0.1, 0.15) is 0 Å². The van der Waals surface area contributed by atoms with Gasteiger partial charge >= 0.3 is 0 Å². The Kier molecular flexibility index (Phi) is 4.61. The number of anilines is 1. The lowest BCUT2D eigenvalue weighted by Crippen LogP contribution is -2.12. The van der Waals surface area contributed by atoms with Crippen LogP contribution in [0.4, 0.5) is 5.69 Å². The van der Waals surface area contributed by atoms with Gasteiger partial charge in [-0.15, -0.1) is 0 Å². The molecule has 4 aromatic rings. The molecule has 0 unspecified atom stereocenters. The Balaban J connectivity index is 1.61. The molecule has 0 aliphatic rings. The van der Waals surface area contributed by atoms with Crippen LogP contribution in [0.2, 0.25) is 5.02 Å². The Labute approximate surface area is 162 Å². The van der Waals surface area contributed by atoms with Crippen molar-refractivity contribution in [2.45, 2.75) is 6.92 Å². The van der Waals surface area contributed by atoms with Crippen LogP contribution in [-0.2, 0) is 0 Å². The van der Waals surface area contributed by atoms with Crippen LogP contribution < -0.4 is 5.32 Å². The zero-order chi connectivity index (χ0) is 18.8. The number of aromatic nitrogens is 1. The van der Waals surface area contributed by atoms with Gasteiger partial charge in [-0.3, -0.25) is 9.78 Å². The molecule has 1 amide bonds. The summed E-state index contributed by atoms with van der Waals surface area (Å²) in [6.45, 7) is 2.04. The monoisotopic (exact) mass is 372 g/mol. The van der Waals surface area contributed by atoms with Gasteiger partial charge in [0.05, 0.1) is 11.3 Å². The molecule has 0 aliphatic carbocycles. The highest BCUT2D eigenvalue weighted by Gasteiger charge is 2.11. The van der Waals surface area contributed by atoms with Crippen molar-refractivity contribution in [3.8, 4) is 11.3 Å². The van der Waals surface area contributed by atoms with Crippen molar-refractivity contribution in [1.82, 2.24) is 4.98 Å². The quantitative estimate of drug-likeness (QED) is 0.471. The predicted molar refractivity (Wildman–Crippen MR) is 111 cm³/mol. The second kappa shape index (κ2) is 7.22. The fourth-order valence-corrected chi connectivity index (χ4v) is 3.34. The Morgan fingerprint density at radius 2 is 1.63 bits per heavy atom. The van der Waals surface area contributed by atoms with Crippen LogP contribution in [0.25, 0.3) is 22.0 Å². The molecule has 1 N–H and O–H groups in total. The lowest BCUT2D eigenvalue weighted by Gasteiger charge is -2.10. The largest absolute Gasteiger partial charge is 0.321 e. The van der Waals surface area contributed by atoms with Crippen LogP contribution in [0.5, 0.6) is 0 Å². The summed E-state index contributed by atoms with van der Waals surface area (Å²) in [4.78, 5) is 17.1. The minimum atomic E-state index is -0.202. The average molecular weight is 373 g/mol. The van der Waals surface area contributed by atoms with Crippen LogP contribution in [0, 0.1) is 6.92 Å². The Hall–Kier alpha value is -3.17. The first-order valence-electron chi connectivity index (χ1n) is 8.64. The third kappa shape index (κ3) is 3.42. The standard InChI is InChI=1S/C23H17ClN2O/c1-15-6-2-3-7-17(15)21-12-10-16(14-25-21)23(27)26-22-13-11-20(24)18-8-4-5-9-19(18)22/h2-14H,1H3,(H,26,27). The molecule has 1 heterocycles. The number of aryl methyl sites for hydroxylation is 1. The van der Waals surface area contributed by atoms with Gasteiger partial charge in [0.2, 0.25) is 0 Å². The summed E-state index contributed by atoms with van der Waals surface area (Å²) >= 11 is 6.25. The molecule has 0 spiro atoms. The summed E-state index contributed by atoms with van der Waals surface area (Å²) in [5.74, 6) is -0.202. The van der Waals surface area contributed by atoms with E-state index in [1.807, 2.05) is 67.6 Å². The van der Waals surface area contributed by atoms with Crippen LogP contribution >= 0.6 is 11.6 Å². The second-order valence-corrected chi connectivity index (χ2v) is 6.75. The van der Waals surface area contributed by atoms with E-state index in [-0.39, 0.29) is 5.91 Å². The fourth-order valence-electron chi connectivity index (χ4n) is 3.11. The van der Waals surface area contributed by atoms with E-state index >= 15 is 0 Å². The van der Waals surface area contributed by atoms with Gasteiger partial charge < -0.3 is 5.32 Å². The highest BCUT2D eigenvalue weighted by atomic mass is 35.5. The number of fused-ring (bicyclic) bond motifs is 1. The number of hydrogen-bond donors (Lipinski definition) is 1. The molecular weight excluding hydrogens is 356 g/mol. The lowest BCUT2D eigenvalue weighted by atomic mass is 10.0. The molecule has 0 saturated heterocycles. The number of rotatable bonds is 3. The van der Waals surface area contributed by atoms with Crippen molar-refractivity contribution >= 4 is 34.0 Å². The summed E-state index contributed by atoms with van der Waals surface area (Å²) in [7, 11) is 0. The van der Waals surface area contributed by atoms with Crippen molar-refractivity contribution in [2.75, 3.05) is 5.32 Å². The maximum absolute atomic E-state index is 12.7. The molecule has 0 fully saturated rings. The molecule has 1 aromatic heterocycles. The van der Waals surface area contributed by atoms with Crippen LogP contribution in [0.15, 0.2) is 79.0 Å². The first-order valence-corrected chi connectivity index (χ1v) is 9.02. The van der Waals surface area contributed by atoms with Gasteiger partial charge in [0.15, 0.2) is 0 Å². The van der Waals surface area contributed by atoms with Crippen molar-refractivity contribution in [2.24, 2.45) is 0 Å². The van der Waals surface area contributed by atoms with E-state index in [0.717, 1.165) is 33.3 Å². The van der Waals surface area contributed by atoms with E-state index in [4.69, 9.17) is 11.6 Å². The smallest absolute Gasteiger partial charge is 0.257 e. The molecule has 0 aliphatic heterocycles. The Morgan fingerprint density at radius 1 is 0.889 bits per heavy atom. The van der Waals surface area contributed by atoms with E-state index in [1.165, 1.54) is 0 Å². The third-order valence-corrected chi connectivity index (χ3v) is 4.90. The number of carbonyl (C=O) groups is 1. The van der Waals surface area contributed by atoms with E-state index in [2.05, 4.69) is 10.3 Å². The first-order chi connectivity index (χ1) is 13.1. The predicted octanol–water partition coefficient (Wildman–Crippen LogP) is 6.12. The first kappa shape index (κ1) is 17.3. The molecule has 3 nitrogen and oxygen atoms in total. The number of nitrogens with zero attached hydrogens (tertiary/aromatic N) is 1. The van der Waals surface area contributed by atoms with E-state index in [1.54, 1.807) is 18.3 Å². The number of carbonyl (C=O) groups excluding carboxylic acids is 1. The summed E-state index contributed by atoms with van der Waals surface area (Å²) in [6.07, 6.45) is 1.61. The minimum absolute atomic E-state index is 0.202. The Morgan fingerprint density at radius 3 is 2.37 bits per heavy atom. The van der Waals surface area contributed by atoms with Gasteiger partial charge in [-0.25, -0.2) is 0 Å². The summed E-state index contributed by atoms with van der Waals surface area (Å²) in [6, 6.07) is 23.0. The number of benzene rings is 3. The molecule has 27 heavy (non-hydrogen) atoms. The van der Waals surface area contributed by atoms with Crippen LogP contribution in [0.1, 0.15) is 15.9 Å². The summed E-state index contributed by atoms with van der Waals surface area (Å²) in [5.41, 5.74) is 4.29. The number of nitrogens with one attached hydrogen (secondary N) is 1. The molecule has 4 heteroatoms. The van der Waals surface area contributed by atoms with Gasteiger partial charge in [-0.1, -0.05) is 60.1 Å². The molecular formula is C23H17ClN2O. The minimum Gasteiger partial charge on any atom is -0.321 e. The Bertz CT molecular complexity index is 1140. The third-order valence-electron chi connectivity index (χ3n) is 4.57. The molecule has 0 saturated carbocycles. The number of pyridine rings is 1. The molecule has 3 aromatic carbocycles. The van der Waals surface area contributed by atoms with Crippen LogP contribution in [-0.4, -0.2) is 10.9 Å². The topological polar surface area (TPSA) is 42.0 Å². The zero-order valence-electron chi connectivity index (χ0n) is 14.7. The maximum Gasteiger partial charge on any atom is 0.257 e. The molecule has 0 bridgehead atoms. The second-order valence-electron chi connectivity index (χ2n) is 6.34. The van der Waals surface area contributed by atoms with Crippen molar-refractivity contribution in [1.29, 1.82) is 0 Å². The lowest BCUT2D eigenvalue weighted by molar-refractivity contribution is 0.102. The van der Waals surface area contributed by atoms with Gasteiger partial charge in [0.25, 0.3) is 5.91 Å². The molecule has 4 rings (SSSR count). The van der Waals surface area contributed by atoms with Gasteiger partial charge in [0, 0.05) is 33.2 Å². The van der Waals surface area contributed by atoms with Crippen molar-refractivity contribution < 1.29 is 4.79 Å². The van der Waals surface area contributed by atoms with E-state index in [9.17, 15) is 4.79 Å². The van der Waals surface area contributed by atoms with E-state index < -0.39 is 0 Å². The maximum atomic E-state index is 12.7. The highest BCUT2D eigenvalue weighted by molar-refractivity contribution is 6.36. The van der Waals surface area contributed by atoms with Crippen LogP contribution in [0.3, 0.4) is 0 Å². The SMILES string of the molecule is Cc1ccccc1-c1ccc(C(=O)Nc2ccc(Cl)c3ccccc23)cn1.